The van der Waals surface area contributed by atoms with Crippen LogP contribution < -0.4 is 5.32 Å². The highest BCUT2D eigenvalue weighted by Gasteiger charge is 2.17. The van der Waals surface area contributed by atoms with E-state index in [0.29, 0.717) is 12.2 Å². The summed E-state index contributed by atoms with van der Waals surface area (Å²) in [6.07, 6.45) is -0.466. The van der Waals surface area contributed by atoms with Gasteiger partial charge in [0.1, 0.15) is 5.60 Å². The molecule has 1 aromatic carbocycles. The average Bonchev–Trinajstić information content (AvgIpc) is 2.93. The molecule has 0 fully saturated rings. The van der Waals surface area contributed by atoms with Crippen molar-refractivity contribution >= 4 is 12.1 Å². The Hall–Kier alpha value is -2.83. The topological polar surface area (TPSA) is 82.5 Å². The van der Waals surface area contributed by atoms with Crippen LogP contribution in [0.3, 0.4) is 0 Å². The van der Waals surface area contributed by atoms with Crippen LogP contribution in [0, 0.1) is 6.92 Å². The third-order valence-corrected chi connectivity index (χ3v) is 3.24. The largest absolute Gasteiger partial charge is 0.464 e. The molecule has 7 nitrogen and oxygen atoms in total. The molecule has 0 spiro atoms. The summed E-state index contributed by atoms with van der Waals surface area (Å²) in [6.45, 7) is 7.59. The molecule has 25 heavy (non-hydrogen) atoms. The number of carbonyl (C=O) groups is 2. The van der Waals surface area contributed by atoms with E-state index in [1.165, 1.54) is 11.8 Å². The zero-order valence-electron chi connectivity index (χ0n) is 15.1. The fourth-order valence-corrected chi connectivity index (χ4v) is 2.19. The number of ether oxygens (including phenoxy) is 2. The molecule has 0 radical (unpaired) electrons. The second-order valence-electron chi connectivity index (χ2n) is 6.60. The molecule has 134 valence electrons. The number of amides is 1. The first-order chi connectivity index (χ1) is 11.7. The van der Waals surface area contributed by atoms with Gasteiger partial charge >= 0.3 is 12.1 Å². The second kappa shape index (κ2) is 7.38. The lowest BCUT2D eigenvalue weighted by Crippen LogP contribution is -2.32. The van der Waals surface area contributed by atoms with Crippen molar-refractivity contribution < 1.29 is 19.1 Å². The molecule has 7 heteroatoms. The maximum atomic E-state index is 11.8. The molecule has 1 aromatic heterocycles. The van der Waals surface area contributed by atoms with Gasteiger partial charge in [-0.3, -0.25) is 0 Å². The van der Waals surface area contributed by atoms with Crippen molar-refractivity contribution in [3.05, 3.63) is 47.3 Å². The Labute approximate surface area is 146 Å². The van der Waals surface area contributed by atoms with Gasteiger partial charge in [-0.05, 0) is 51.5 Å². The van der Waals surface area contributed by atoms with Crippen molar-refractivity contribution in [1.82, 2.24) is 15.1 Å². The van der Waals surface area contributed by atoms with E-state index in [4.69, 9.17) is 9.47 Å². The molecule has 0 aliphatic rings. The third-order valence-electron chi connectivity index (χ3n) is 3.24. The van der Waals surface area contributed by atoms with E-state index in [-0.39, 0.29) is 0 Å². The lowest BCUT2D eigenvalue weighted by atomic mass is 10.2. The molecular weight excluding hydrogens is 322 g/mol. The summed E-state index contributed by atoms with van der Waals surface area (Å²) in [5, 5.41) is 7.02. The maximum absolute atomic E-state index is 11.8. The first-order valence-corrected chi connectivity index (χ1v) is 7.91. The number of carbonyl (C=O) groups excluding carboxylic acids is 2. The van der Waals surface area contributed by atoms with Crippen LogP contribution in [0.15, 0.2) is 30.3 Å². The monoisotopic (exact) mass is 345 g/mol. The van der Waals surface area contributed by atoms with Crippen LogP contribution in [-0.2, 0) is 16.0 Å². The fraction of sp³-hybridized carbons (Fsp3) is 0.389. The Bertz CT molecular complexity index is 758. The van der Waals surface area contributed by atoms with Gasteiger partial charge in [-0.1, -0.05) is 12.1 Å². The van der Waals surface area contributed by atoms with Crippen molar-refractivity contribution in [3.63, 3.8) is 0 Å². The predicted octanol–water partition coefficient (Wildman–Crippen LogP) is 2.99. The molecule has 0 bridgehead atoms. The van der Waals surface area contributed by atoms with E-state index in [0.717, 1.165) is 16.9 Å². The summed E-state index contributed by atoms with van der Waals surface area (Å²) < 4.78 is 11.5. The van der Waals surface area contributed by atoms with Crippen molar-refractivity contribution in [2.75, 3.05) is 7.11 Å². The van der Waals surface area contributed by atoms with Gasteiger partial charge in [0.15, 0.2) is 5.69 Å². The number of aryl methyl sites for hydroxylation is 1. The Balaban J connectivity index is 2.08. The normalized spacial score (nSPS) is 11.1. The lowest BCUT2D eigenvalue weighted by molar-refractivity contribution is 0.0522. The minimum absolute atomic E-state index is 0.344. The number of hydrogen-bond donors (Lipinski definition) is 1. The van der Waals surface area contributed by atoms with Crippen molar-refractivity contribution in [3.8, 4) is 5.69 Å². The lowest BCUT2D eigenvalue weighted by Gasteiger charge is -2.19. The standard InChI is InChI=1S/C18H23N3O4/c1-12-10-15(16(22)24-5)21(20-12)14-8-6-13(7-9-14)11-19-17(23)25-18(2,3)4/h6-10H,11H2,1-5H3,(H,19,23). The van der Waals surface area contributed by atoms with Gasteiger partial charge < -0.3 is 14.8 Å². The van der Waals surface area contributed by atoms with Gasteiger partial charge in [0.05, 0.1) is 18.5 Å². The first kappa shape index (κ1) is 18.5. The zero-order valence-corrected chi connectivity index (χ0v) is 15.1. The quantitative estimate of drug-likeness (QED) is 0.862. The highest BCUT2D eigenvalue weighted by molar-refractivity contribution is 5.88. The summed E-state index contributed by atoms with van der Waals surface area (Å²) in [5.41, 5.74) is 2.18. The van der Waals surface area contributed by atoms with Crippen LogP contribution in [0.5, 0.6) is 0 Å². The predicted molar refractivity (Wildman–Crippen MR) is 92.7 cm³/mol. The Kier molecular flexibility index (Phi) is 5.46. The van der Waals surface area contributed by atoms with Gasteiger partial charge in [-0.2, -0.15) is 5.10 Å². The molecule has 0 saturated heterocycles. The highest BCUT2D eigenvalue weighted by Crippen LogP contribution is 2.15. The molecule has 1 N–H and O–H groups in total. The zero-order chi connectivity index (χ0) is 18.6. The molecule has 0 saturated carbocycles. The number of hydrogen-bond acceptors (Lipinski definition) is 5. The van der Waals surface area contributed by atoms with Gasteiger partial charge in [-0.25, -0.2) is 14.3 Å². The van der Waals surface area contributed by atoms with Crippen LogP contribution in [0.1, 0.15) is 42.5 Å². The molecule has 0 unspecified atom stereocenters. The number of benzene rings is 1. The Morgan fingerprint density at radius 1 is 1.20 bits per heavy atom. The van der Waals surface area contributed by atoms with E-state index in [9.17, 15) is 9.59 Å². The molecule has 1 heterocycles. The number of aromatic nitrogens is 2. The number of nitrogens with one attached hydrogen (secondary N) is 1. The molecule has 0 atom stereocenters. The Morgan fingerprint density at radius 2 is 1.84 bits per heavy atom. The highest BCUT2D eigenvalue weighted by atomic mass is 16.6. The second-order valence-corrected chi connectivity index (χ2v) is 6.60. The van der Waals surface area contributed by atoms with E-state index >= 15 is 0 Å². The average molecular weight is 345 g/mol. The number of esters is 1. The molecule has 2 aromatic rings. The molecule has 0 aliphatic carbocycles. The summed E-state index contributed by atoms with van der Waals surface area (Å²) in [6, 6.07) is 9.02. The smallest absolute Gasteiger partial charge is 0.407 e. The van der Waals surface area contributed by atoms with Crippen LogP contribution in [0.25, 0.3) is 5.69 Å². The van der Waals surface area contributed by atoms with E-state index in [2.05, 4.69) is 10.4 Å². The summed E-state index contributed by atoms with van der Waals surface area (Å²) in [5.74, 6) is -0.448. The van der Waals surface area contributed by atoms with Crippen LogP contribution in [-0.4, -0.2) is 34.6 Å². The van der Waals surface area contributed by atoms with Crippen LogP contribution >= 0.6 is 0 Å². The number of rotatable bonds is 4. The molecule has 2 rings (SSSR count). The molecule has 1 amide bonds. The number of methoxy groups -OCH3 is 1. The maximum Gasteiger partial charge on any atom is 0.407 e. The van der Waals surface area contributed by atoms with Crippen LogP contribution in [0.2, 0.25) is 0 Å². The molecular formula is C18H23N3O4. The van der Waals surface area contributed by atoms with Gasteiger partial charge in [0.25, 0.3) is 0 Å². The number of alkyl carbamates (subject to hydrolysis) is 1. The van der Waals surface area contributed by atoms with Crippen molar-refractivity contribution in [2.45, 2.75) is 39.8 Å². The van der Waals surface area contributed by atoms with Gasteiger partial charge in [0, 0.05) is 6.54 Å². The van der Waals surface area contributed by atoms with E-state index in [1.807, 2.05) is 52.0 Å². The van der Waals surface area contributed by atoms with E-state index in [1.54, 1.807) is 6.07 Å². The van der Waals surface area contributed by atoms with Crippen LogP contribution in [0.4, 0.5) is 4.79 Å². The first-order valence-electron chi connectivity index (χ1n) is 7.91. The Morgan fingerprint density at radius 3 is 2.40 bits per heavy atom. The summed E-state index contributed by atoms with van der Waals surface area (Å²) in [7, 11) is 1.33. The van der Waals surface area contributed by atoms with Gasteiger partial charge in [-0.15, -0.1) is 0 Å². The van der Waals surface area contributed by atoms with E-state index < -0.39 is 17.7 Å². The summed E-state index contributed by atoms with van der Waals surface area (Å²) in [4.78, 5) is 23.5. The SMILES string of the molecule is COC(=O)c1cc(C)nn1-c1ccc(CNC(=O)OC(C)(C)C)cc1. The minimum Gasteiger partial charge on any atom is -0.464 e. The number of nitrogens with zero attached hydrogens (tertiary/aromatic N) is 2. The van der Waals surface area contributed by atoms with Crippen molar-refractivity contribution in [1.29, 1.82) is 0 Å². The fourth-order valence-electron chi connectivity index (χ4n) is 2.19. The third kappa shape index (κ3) is 5.07. The van der Waals surface area contributed by atoms with Crippen molar-refractivity contribution in [2.24, 2.45) is 0 Å². The summed E-state index contributed by atoms with van der Waals surface area (Å²) >= 11 is 0. The molecule has 0 aliphatic heterocycles. The van der Waals surface area contributed by atoms with Gasteiger partial charge in [0.2, 0.25) is 0 Å². The minimum atomic E-state index is -0.532.